The zero-order chi connectivity index (χ0) is 12.5. The van der Waals surface area contributed by atoms with Crippen molar-refractivity contribution in [1.29, 1.82) is 0 Å². The first-order valence-corrected chi connectivity index (χ1v) is 7.78. The molecule has 3 heteroatoms. The van der Waals surface area contributed by atoms with Gasteiger partial charge >= 0.3 is 0 Å². The molecular weight excluding hydrogens is 242 g/mol. The van der Waals surface area contributed by atoms with Gasteiger partial charge in [0, 0.05) is 35.8 Å². The van der Waals surface area contributed by atoms with Gasteiger partial charge in [-0.25, -0.2) is 0 Å². The third kappa shape index (κ3) is 2.31. The average Bonchev–Trinajstić information content (AvgIpc) is 2.97. The van der Waals surface area contributed by atoms with E-state index < -0.39 is 0 Å². The Labute approximate surface area is 114 Å². The number of benzene rings is 1. The van der Waals surface area contributed by atoms with E-state index in [2.05, 4.69) is 43.1 Å². The lowest BCUT2D eigenvalue weighted by atomic mass is 9.99. The van der Waals surface area contributed by atoms with Crippen molar-refractivity contribution in [2.75, 3.05) is 26.0 Å². The van der Waals surface area contributed by atoms with Crippen LogP contribution in [0.5, 0.6) is 0 Å². The van der Waals surface area contributed by atoms with Crippen LogP contribution in [0.3, 0.4) is 0 Å². The summed E-state index contributed by atoms with van der Waals surface area (Å²) in [5.74, 6) is 1.91. The van der Waals surface area contributed by atoms with Crippen LogP contribution in [0.25, 0.3) is 0 Å². The minimum absolute atomic E-state index is 0.388. The third-order valence-corrected chi connectivity index (χ3v) is 5.46. The maximum Gasteiger partial charge on any atom is 0.0702 e. The van der Waals surface area contributed by atoms with E-state index in [1.807, 2.05) is 11.8 Å². The van der Waals surface area contributed by atoms with Crippen molar-refractivity contribution >= 4 is 11.8 Å². The number of rotatable bonds is 3. The summed E-state index contributed by atoms with van der Waals surface area (Å²) < 4.78 is 5.67. The Hall–Kier alpha value is -0.510. The molecular formula is C15H21NOS. The minimum Gasteiger partial charge on any atom is -0.377 e. The fraction of sp³-hybridized carbons (Fsp3) is 0.600. The molecule has 1 aromatic carbocycles. The zero-order valence-electron chi connectivity index (χ0n) is 11.1. The largest absolute Gasteiger partial charge is 0.377 e. The van der Waals surface area contributed by atoms with E-state index in [9.17, 15) is 0 Å². The quantitative estimate of drug-likeness (QED) is 0.832. The molecule has 0 aromatic heterocycles. The monoisotopic (exact) mass is 263 g/mol. The topological polar surface area (TPSA) is 12.5 Å². The summed E-state index contributed by atoms with van der Waals surface area (Å²) >= 11 is 2.00. The molecule has 0 bridgehead atoms. The molecule has 0 spiro atoms. The fourth-order valence-electron chi connectivity index (χ4n) is 3.16. The molecule has 0 N–H and O–H groups in total. The van der Waals surface area contributed by atoms with Gasteiger partial charge in [-0.15, -0.1) is 11.8 Å². The third-order valence-electron chi connectivity index (χ3n) is 4.21. The zero-order valence-corrected chi connectivity index (χ0v) is 12.0. The summed E-state index contributed by atoms with van der Waals surface area (Å²) in [6.07, 6.45) is 1.57. The molecule has 0 aliphatic carbocycles. The van der Waals surface area contributed by atoms with E-state index in [1.165, 1.54) is 17.1 Å². The van der Waals surface area contributed by atoms with Crippen molar-refractivity contribution in [2.24, 2.45) is 0 Å². The van der Waals surface area contributed by atoms with Gasteiger partial charge in [0.2, 0.25) is 0 Å². The second kappa shape index (κ2) is 5.24. The smallest absolute Gasteiger partial charge is 0.0702 e. The molecule has 1 fully saturated rings. The Morgan fingerprint density at radius 2 is 2.22 bits per heavy atom. The van der Waals surface area contributed by atoms with Gasteiger partial charge in [0.05, 0.1) is 6.10 Å². The maximum absolute atomic E-state index is 5.67. The number of thioether (sulfide) groups is 1. The summed E-state index contributed by atoms with van der Waals surface area (Å²) in [7, 11) is 2.25. The first-order valence-electron chi connectivity index (χ1n) is 6.79. The van der Waals surface area contributed by atoms with Crippen LogP contribution in [0.2, 0.25) is 0 Å². The molecule has 2 heterocycles. The van der Waals surface area contributed by atoms with Gasteiger partial charge in [0.15, 0.2) is 0 Å². The molecule has 0 radical (unpaired) electrons. The normalized spacial score (nSPS) is 30.9. The number of hydrogen-bond acceptors (Lipinski definition) is 3. The molecule has 3 rings (SSSR count). The number of fused-ring (bicyclic) bond motifs is 1. The molecule has 98 valence electrons. The summed E-state index contributed by atoms with van der Waals surface area (Å²) in [5.41, 5.74) is 1.54. The van der Waals surface area contributed by atoms with Crippen LogP contribution in [0, 0.1) is 0 Å². The highest BCUT2D eigenvalue weighted by Crippen LogP contribution is 2.39. The summed E-state index contributed by atoms with van der Waals surface area (Å²) in [6.45, 7) is 4.28. The number of likely N-dealkylation sites (N-methyl/N-ethyl adjacent to an activating group) is 1. The van der Waals surface area contributed by atoms with E-state index in [-0.39, 0.29) is 0 Å². The van der Waals surface area contributed by atoms with Crippen LogP contribution < -0.4 is 0 Å². The van der Waals surface area contributed by atoms with Gasteiger partial charge in [0.1, 0.15) is 0 Å². The molecule has 0 saturated carbocycles. The average molecular weight is 263 g/mol. The summed E-state index contributed by atoms with van der Waals surface area (Å²) in [6, 6.07) is 9.45. The molecule has 3 unspecified atom stereocenters. The molecule has 18 heavy (non-hydrogen) atoms. The lowest BCUT2D eigenvalue weighted by Crippen LogP contribution is -2.39. The van der Waals surface area contributed by atoms with E-state index >= 15 is 0 Å². The lowest BCUT2D eigenvalue weighted by molar-refractivity contribution is 0.0823. The first kappa shape index (κ1) is 12.5. The Kier molecular flexibility index (Phi) is 3.64. The van der Waals surface area contributed by atoms with Crippen LogP contribution >= 0.6 is 11.8 Å². The Morgan fingerprint density at radius 1 is 1.39 bits per heavy atom. The molecule has 2 nitrogen and oxygen atoms in total. The van der Waals surface area contributed by atoms with Gasteiger partial charge in [0.25, 0.3) is 0 Å². The van der Waals surface area contributed by atoms with E-state index in [0.29, 0.717) is 18.1 Å². The van der Waals surface area contributed by atoms with Gasteiger partial charge < -0.3 is 9.64 Å². The van der Waals surface area contributed by atoms with E-state index in [1.54, 1.807) is 5.56 Å². The molecule has 2 aliphatic heterocycles. The standard InChI is InChI=1S/C15H21NOS/c1-11-14(7-8-17-11)16(2)9-12-10-18-15-6-4-3-5-13(12)15/h3-6,11-12,14H,7-10H2,1-2H3. The molecule has 1 aromatic rings. The van der Waals surface area contributed by atoms with E-state index in [4.69, 9.17) is 4.74 Å². The molecule has 0 amide bonds. The van der Waals surface area contributed by atoms with Gasteiger partial charge in [-0.1, -0.05) is 18.2 Å². The second-order valence-electron chi connectivity index (χ2n) is 5.42. The highest BCUT2D eigenvalue weighted by atomic mass is 32.2. The number of ether oxygens (including phenoxy) is 1. The van der Waals surface area contributed by atoms with Crippen molar-refractivity contribution in [3.8, 4) is 0 Å². The van der Waals surface area contributed by atoms with Gasteiger partial charge in [-0.3, -0.25) is 0 Å². The van der Waals surface area contributed by atoms with Crippen molar-refractivity contribution < 1.29 is 4.74 Å². The Bertz CT molecular complexity index is 423. The Morgan fingerprint density at radius 3 is 3.00 bits per heavy atom. The lowest BCUT2D eigenvalue weighted by Gasteiger charge is -2.29. The predicted molar refractivity (Wildman–Crippen MR) is 76.4 cm³/mol. The fourth-order valence-corrected chi connectivity index (χ4v) is 4.40. The predicted octanol–water partition coefficient (Wildman–Crippen LogP) is 2.99. The first-order chi connectivity index (χ1) is 8.75. The summed E-state index contributed by atoms with van der Waals surface area (Å²) in [5, 5.41) is 0. The highest BCUT2D eigenvalue weighted by molar-refractivity contribution is 7.99. The van der Waals surface area contributed by atoms with Crippen LogP contribution in [0.1, 0.15) is 24.8 Å². The maximum atomic E-state index is 5.67. The van der Waals surface area contributed by atoms with Gasteiger partial charge in [-0.05, 0) is 32.0 Å². The van der Waals surface area contributed by atoms with Crippen LogP contribution in [-0.4, -0.2) is 43.0 Å². The van der Waals surface area contributed by atoms with Crippen LogP contribution in [0.4, 0.5) is 0 Å². The SMILES string of the molecule is CC1OCCC1N(C)CC1CSc2ccccc21. The van der Waals surface area contributed by atoms with Crippen LogP contribution in [0.15, 0.2) is 29.2 Å². The van der Waals surface area contributed by atoms with Crippen molar-refractivity contribution in [3.63, 3.8) is 0 Å². The second-order valence-corrected chi connectivity index (χ2v) is 6.48. The number of hydrogen-bond donors (Lipinski definition) is 0. The van der Waals surface area contributed by atoms with Gasteiger partial charge in [-0.2, -0.15) is 0 Å². The number of nitrogens with zero attached hydrogens (tertiary/aromatic N) is 1. The van der Waals surface area contributed by atoms with E-state index in [0.717, 1.165) is 13.2 Å². The highest BCUT2D eigenvalue weighted by Gasteiger charge is 2.31. The molecule has 3 atom stereocenters. The minimum atomic E-state index is 0.388. The Balaban J connectivity index is 1.67. The van der Waals surface area contributed by atoms with Crippen molar-refractivity contribution in [3.05, 3.63) is 29.8 Å². The van der Waals surface area contributed by atoms with Crippen molar-refractivity contribution in [2.45, 2.75) is 36.3 Å². The summed E-state index contributed by atoms with van der Waals surface area (Å²) in [4.78, 5) is 3.98. The van der Waals surface area contributed by atoms with Crippen molar-refractivity contribution in [1.82, 2.24) is 4.90 Å². The van der Waals surface area contributed by atoms with Crippen LogP contribution in [-0.2, 0) is 4.74 Å². The molecule has 1 saturated heterocycles. The molecule has 2 aliphatic rings.